The predicted molar refractivity (Wildman–Crippen MR) is 287 cm³/mol. The predicted octanol–water partition coefficient (Wildman–Crippen LogP) is 0.0582. The number of amides is 6. The minimum atomic E-state index is -1.30. The van der Waals surface area contributed by atoms with Crippen molar-refractivity contribution in [1.82, 2.24) is 46.9 Å². The Morgan fingerprint density at radius 1 is 0.321 bits per heavy atom. The van der Waals surface area contributed by atoms with Gasteiger partial charge in [-0.05, 0) is 36.4 Å². The van der Waals surface area contributed by atoms with E-state index >= 15 is 0 Å². The van der Waals surface area contributed by atoms with Gasteiger partial charge in [0, 0.05) is 34.5 Å². The van der Waals surface area contributed by atoms with Crippen molar-refractivity contribution in [1.29, 1.82) is 0 Å². The Labute approximate surface area is 468 Å². The van der Waals surface area contributed by atoms with E-state index in [-0.39, 0.29) is 68.7 Å². The van der Waals surface area contributed by atoms with Crippen molar-refractivity contribution in [3.8, 4) is 0 Å². The Morgan fingerprint density at radius 3 is 0.590 bits per heavy atom. The highest BCUT2D eigenvalue weighted by molar-refractivity contribution is 8.77. The molecular weight excluding hydrogens is 1150 g/mol. The molecule has 6 N–H and O–H groups in total. The van der Waals surface area contributed by atoms with Gasteiger partial charge in [0.1, 0.15) is 70.4 Å². The van der Waals surface area contributed by atoms with Crippen LogP contribution in [-0.4, -0.2) is 200 Å². The number of methoxy groups -OCH3 is 6. The molecule has 78 heavy (non-hydrogen) atoms. The highest BCUT2D eigenvalue weighted by Crippen LogP contribution is 2.26. The van der Waals surface area contributed by atoms with Crippen molar-refractivity contribution in [3.05, 3.63) is 88.8 Å². The third-order valence-corrected chi connectivity index (χ3v) is 17.3. The second kappa shape index (κ2) is 32.8. The summed E-state index contributed by atoms with van der Waals surface area (Å²) in [4.78, 5) is 170. The standard InChI is InChI=1S/C45H51N9O18S6/c1-67-40(61)28-16-73-74-17-29(41(62)68-2)50-36(57)24-12-8-13-25(47-24)37(58)52-32(44(65)71-5)20-77-78-21-33(45(66)72-6)54-39(60)27-15-9-14-26(48-27)38(59)53-31(43(64)70-4)19-76-75-18-30(42(63)69-3)51-35(56)23-11-7-10-22(46-23)34(55)49-28/h7-15,28-33H,16-21H2,1-6H3,(H,49,55)(H,50,57)(H,51,56)(H,52,58)(H,53,59)(H,54,60)/t28-,29-,30-,31-,32-,33-/m0/s1. The molecule has 6 bridgehead atoms. The van der Waals surface area contributed by atoms with Crippen molar-refractivity contribution >= 4 is 136 Å². The van der Waals surface area contributed by atoms with E-state index in [0.717, 1.165) is 107 Å². The first-order valence-electron chi connectivity index (χ1n) is 22.3. The summed E-state index contributed by atoms with van der Waals surface area (Å²) in [6.07, 6.45) is 0. The minimum absolute atomic E-state index is 0.145. The van der Waals surface area contributed by atoms with E-state index in [4.69, 9.17) is 28.4 Å². The highest BCUT2D eigenvalue weighted by atomic mass is 33.1. The van der Waals surface area contributed by atoms with Crippen LogP contribution in [0.25, 0.3) is 0 Å². The lowest BCUT2D eigenvalue weighted by atomic mass is 10.2. The van der Waals surface area contributed by atoms with Crippen molar-refractivity contribution in [2.45, 2.75) is 36.3 Å². The summed E-state index contributed by atoms with van der Waals surface area (Å²) in [6, 6.07) is 3.73. The van der Waals surface area contributed by atoms with Crippen LogP contribution in [0.15, 0.2) is 54.6 Å². The normalized spacial score (nSPS) is 21.2. The second-order valence-electron chi connectivity index (χ2n) is 15.2. The third-order valence-electron chi connectivity index (χ3n) is 10.0. The maximum absolute atomic E-state index is 13.4. The van der Waals surface area contributed by atoms with Gasteiger partial charge in [-0.25, -0.2) is 43.7 Å². The number of fused-ring (bicyclic) bond motifs is 6. The molecular formula is C45H51N9O18S6. The lowest BCUT2D eigenvalue weighted by Gasteiger charge is -2.18. The molecule has 3 aromatic rings. The molecule has 420 valence electrons. The van der Waals surface area contributed by atoms with Crippen molar-refractivity contribution in [2.24, 2.45) is 0 Å². The first-order chi connectivity index (χ1) is 37.4. The van der Waals surface area contributed by atoms with Crippen LogP contribution in [0.1, 0.15) is 62.9 Å². The number of hydrogen-bond acceptors (Lipinski definition) is 27. The van der Waals surface area contributed by atoms with E-state index in [1.807, 2.05) is 0 Å². The van der Waals surface area contributed by atoms with Gasteiger partial charge in [0.15, 0.2) is 0 Å². The van der Waals surface area contributed by atoms with Crippen molar-refractivity contribution in [3.63, 3.8) is 0 Å². The fraction of sp³-hybridized carbons (Fsp3) is 0.400. The molecule has 6 amide bonds. The fourth-order valence-electron chi connectivity index (χ4n) is 6.02. The van der Waals surface area contributed by atoms with E-state index in [2.05, 4.69) is 46.9 Å². The average molecular weight is 1200 g/mol. The van der Waals surface area contributed by atoms with Gasteiger partial charge < -0.3 is 60.3 Å². The Kier molecular flexibility index (Phi) is 26.8. The summed E-state index contributed by atoms with van der Waals surface area (Å²) >= 11 is 0. The van der Waals surface area contributed by atoms with Crippen LogP contribution in [0.2, 0.25) is 0 Å². The molecule has 0 unspecified atom stereocenters. The number of carbonyl (C=O) groups is 12. The van der Waals surface area contributed by atoms with Gasteiger partial charge in [-0.2, -0.15) is 0 Å². The van der Waals surface area contributed by atoms with Gasteiger partial charge in [-0.15, -0.1) is 0 Å². The molecule has 4 heterocycles. The van der Waals surface area contributed by atoms with E-state index in [9.17, 15) is 57.5 Å². The largest absolute Gasteiger partial charge is 0.467 e. The Hall–Kier alpha value is -6.81. The number of hydrogen-bond donors (Lipinski definition) is 6. The molecule has 0 aromatic carbocycles. The smallest absolute Gasteiger partial charge is 0.329 e. The summed E-state index contributed by atoms with van der Waals surface area (Å²) in [5.41, 5.74) is -1.85. The van der Waals surface area contributed by atoms with Gasteiger partial charge in [-0.3, -0.25) is 28.8 Å². The number of nitrogens with one attached hydrogen (secondary N) is 6. The third kappa shape index (κ3) is 19.6. The van der Waals surface area contributed by atoms with Gasteiger partial charge in [-0.1, -0.05) is 83.0 Å². The summed E-state index contributed by atoms with van der Waals surface area (Å²) in [6.45, 7) is 0. The van der Waals surface area contributed by atoms with Crippen molar-refractivity contribution in [2.75, 3.05) is 77.2 Å². The second-order valence-corrected chi connectivity index (χ2v) is 22.9. The van der Waals surface area contributed by atoms with Gasteiger partial charge >= 0.3 is 35.8 Å². The number of esters is 6. The number of ether oxygens (including phenoxy) is 6. The van der Waals surface area contributed by atoms with Crippen LogP contribution in [0.3, 0.4) is 0 Å². The number of nitrogens with zero attached hydrogens (tertiary/aromatic N) is 3. The molecule has 0 radical (unpaired) electrons. The highest BCUT2D eigenvalue weighted by Gasteiger charge is 2.31. The Morgan fingerprint density at radius 2 is 0.462 bits per heavy atom. The van der Waals surface area contributed by atoms with E-state index < -0.39 is 108 Å². The Balaban J connectivity index is 1.63. The number of rotatable bonds is 6. The number of aromatic nitrogens is 3. The zero-order valence-electron chi connectivity index (χ0n) is 42.0. The van der Waals surface area contributed by atoms with E-state index in [1.54, 1.807) is 0 Å². The van der Waals surface area contributed by atoms with E-state index in [1.165, 1.54) is 54.6 Å². The van der Waals surface area contributed by atoms with Crippen LogP contribution >= 0.6 is 64.8 Å². The molecule has 1 aliphatic heterocycles. The molecule has 3 aromatic heterocycles. The molecule has 4 rings (SSSR count). The summed E-state index contributed by atoms with van der Waals surface area (Å²) in [5.74, 6) is -11.5. The molecule has 0 saturated carbocycles. The number of pyridine rings is 3. The lowest BCUT2D eigenvalue weighted by Crippen LogP contribution is -2.45. The first-order valence-corrected chi connectivity index (χ1v) is 29.8. The average Bonchev–Trinajstić information content (AvgIpc) is 3.46. The molecule has 0 aliphatic carbocycles. The van der Waals surface area contributed by atoms with Gasteiger partial charge in [0.05, 0.1) is 42.7 Å². The summed E-state index contributed by atoms with van der Waals surface area (Å²) in [5, 5.41) is 14.9. The zero-order valence-corrected chi connectivity index (χ0v) is 46.9. The number of carbonyl (C=O) groups excluding carboxylic acids is 12. The lowest BCUT2D eigenvalue weighted by molar-refractivity contribution is -0.143. The summed E-state index contributed by atoms with van der Waals surface area (Å²) in [7, 11) is 12.6. The van der Waals surface area contributed by atoms with E-state index in [0.29, 0.717) is 0 Å². The molecule has 27 nitrogen and oxygen atoms in total. The zero-order chi connectivity index (χ0) is 57.3. The summed E-state index contributed by atoms with van der Waals surface area (Å²) < 4.78 is 29.2. The molecule has 1 aliphatic rings. The fourth-order valence-corrected chi connectivity index (χ4v) is 12.9. The SMILES string of the molecule is COC(=O)[C@@H]1CSSC[C@@H](C(=O)OC)NC(=O)c2cccc(n2)C(=O)N[C@H](C(=O)OC)CSSC[C@@H](C(=O)OC)NC(=O)c2cccc(n2)C(=O)N[C@H](C(=O)OC)CSSC[C@@H](C(=O)OC)NC(=O)c2cccc(n2)C(=O)N1. The molecule has 0 saturated heterocycles. The molecule has 6 atom stereocenters. The monoisotopic (exact) mass is 1200 g/mol. The van der Waals surface area contributed by atoms with Crippen LogP contribution in [-0.2, 0) is 57.2 Å². The quantitative estimate of drug-likeness (QED) is 0.108. The van der Waals surface area contributed by atoms with Crippen LogP contribution in [0.4, 0.5) is 0 Å². The van der Waals surface area contributed by atoms with Gasteiger partial charge in [0.25, 0.3) is 35.4 Å². The molecule has 0 fully saturated rings. The molecule has 0 spiro atoms. The van der Waals surface area contributed by atoms with Crippen LogP contribution in [0, 0.1) is 0 Å². The minimum Gasteiger partial charge on any atom is -0.467 e. The maximum Gasteiger partial charge on any atom is 0.329 e. The van der Waals surface area contributed by atoms with Crippen molar-refractivity contribution < 1.29 is 86.0 Å². The van der Waals surface area contributed by atoms with Crippen LogP contribution in [0.5, 0.6) is 0 Å². The van der Waals surface area contributed by atoms with Crippen LogP contribution < -0.4 is 31.9 Å². The first kappa shape index (κ1) is 63.7. The maximum atomic E-state index is 13.4. The van der Waals surface area contributed by atoms with Gasteiger partial charge in [0.2, 0.25) is 0 Å². The topological polar surface area (TPSA) is 371 Å². The Bertz CT molecular complexity index is 2260. The molecule has 33 heteroatoms.